The van der Waals surface area contributed by atoms with Crippen LogP contribution in [-0.2, 0) is 6.54 Å². The zero-order chi connectivity index (χ0) is 18.2. The van der Waals surface area contributed by atoms with E-state index in [2.05, 4.69) is 17.5 Å². The largest absolute Gasteiger partial charge is 0.457 e. The van der Waals surface area contributed by atoms with Crippen LogP contribution in [0.1, 0.15) is 12.0 Å². The van der Waals surface area contributed by atoms with E-state index in [0.29, 0.717) is 6.54 Å². The first kappa shape index (κ1) is 17.7. The number of ether oxygens (including phenoxy) is 1. The lowest BCUT2D eigenvalue weighted by molar-refractivity contribution is 0.482. The summed E-state index contributed by atoms with van der Waals surface area (Å²) in [7, 11) is 0. The molecule has 3 aromatic carbocycles. The van der Waals surface area contributed by atoms with Crippen LogP contribution in [0.25, 0.3) is 0 Å². The first-order chi connectivity index (χ1) is 12.7. The summed E-state index contributed by atoms with van der Waals surface area (Å²) in [4.78, 5) is 2.24. The zero-order valence-corrected chi connectivity index (χ0v) is 14.6. The van der Waals surface area contributed by atoms with Gasteiger partial charge in [0.25, 0.3) is 0 Å². The molecule has 0 unspecified atom stereocenters. The number of nitrogens with zero attached hydrogens (tertiary/aromatic N) is 1. The Kier molecular flexibility index (Phi) is 6.05. The van der Waals surface area contributed by atoms with Crippen LogP contribution in [-0.4, -0.2) is 6.54 Å². The summed E-state index contributed by atoms with van der Waals surface area (Å²) < 4.78 is 19.1. The average Bonchev–Trinajstić information content (AvgIpc) is 2.68. The maximum atomic E-state index is 13.2. The highest BCUT2D eigenvalue weighted by Gasteiger charge is 2.09. The van der Waals surface area contributed by atoms with Gasteiger partial charge in [0, 0.05) is 24.8 Å². The lowest BCUT2D eigenvalue weighted by Gasteiger charge is -2.25. The molecule has 0 aliphatic heterocycles. The third-order valence-corrected chi connectivity index (χ3v) is 4.05. The normalized spacial score (nSPS) is 10.3. The average molecular weight is 347 g/mol. The molecule has 3 rings (SSSR count). The molecule has 0 spiro atoms. The van der Waals surface area contributed by atoms with Gasteiger partial charge in [-0.1, -0.05) is 42.5 Å². The minimum Gasteiger partial charge on any atom is -0.457 e. The first-order valence-corrected chi connectivity index (χ1v) is 8.68. The van der Waals surface area contributed by atoms with Crippen LogP contribution < -0.4 is 9.64 Å². The van der Waals surface area contributed by atoms with Gasteiger partial charge in [0.15, 0.2) is 0 Å². The van der Waals surface area contributed by atoms with Crippen LogP contribution in [0.2, 0.25) is 0 Å². The Hall–Kier alpha value is -3.07. The zero-order valence-electron chi connectivity index (χ0n) is 14.6. The van der Waals surface area contributed by atoms with Crippen LogP contribution in [0.15, 0.2) is 91.5 Å². The second-order valence-corrected chi connectivity index (χ2v) is 6.04. The van der Waals surface area contributed by atoms with Crippen molar-refractivity contribution in [2.24, 2.45) is 0 Å². The van der Waals surface area contributed by atoms with Gasteiger partial charge >= 0.3 is 0 Å². The van der Waals surface area contributed by atoms with E-state index in [0.717, 1.165) is 35.7 Å². The number of benzene rings is 3. The Labute approximate surface area is 154 Å². The van der Waals surface area contributed by atoms with Crippen LogP contribution >= 0.6 is 0 Å². The molecule has 132 valence electrons. The Bertz CT molecular complexity index is 830. The lowest BCUT2D eigenvalue weighted by atomic mass is 10.1. The van der Waals surface area contributed by atoms with Crippen molar-refractivity contribution in [2.45, 2.75) is 13.0 Å². The number of hydrogen-bond acceptors (Lipinski definition) is 2. The van der Waals surface area contributed by atoms with Crippen LogP contribution in [0.3, 0.4) is 0 Å². The molecule has 0 aliphatic rings. The van der Waals surface area contributed by atoms with Gasteiger partial charge in [0.2, 0.25) is 0 Å². The molecule has 0 atom stereocenters. The highest BCUT2D eigenvalue weighted by molar-refractivity contribution is 5.52. The SMILES string of the molecule is C=CCCN(Cc1ccc(F)cc1)c1cccc(Oc2ccccc2)c1. The van der Waals surface area contributed by atoms with E-state index in [1.165, 1.54) is 12.1 Å². The number of para-hydroxylation sites is 1. The minimum atomic E-state index is -0.218. The van der Waals surface area contributed by atoms with E-state index in [9.17, 15) is 4.39 Å². The van der Waals surface area contributed by atoms with Gasteiger partial charge in [0.05, 0.1) is 0 Å². The van der Waals surface area contributed by atoms with Crippen LogP contribution in [0.5, 0.6) is 11.5 Å². The fourth-order valence-corrected chi connectivity index (χ4v) is 2.73. The molecule has 0 bridgehead atoms. The van der Waals surface area contributed by atoms with E-state index >= 15 is 0 Å². The number of rotatable bonds is 8. The summed E-state index contributed by atoms with van der Waals surface area (Å²) in [6.07, 6.45) is 2.77. The van der Waals surface area contributed by atoms with E-state index in [1.807, 2.05) is 66.7 Å². The Morgan fingerprint density at radius 3 is 2.35 bits per heavy atom. The fraction of sp³-hybridized carbons (Fsp3) is 0.130. The molecule has 0 saturated heterocycles. The number of halogens is 1. The summed E-state index contributed by atoms with van der Waals surface area (Å²) in [5.74, 6) is 1.38. The molecule has 0 N–H and O–H groups in total. The van der Waals surface area contributed by atoms with Gasteiger partial charge in [-0.15, -0.1) is 6.58 Å². The molecule has 0 amide bonds. The molecule has 3 heteroatoms. The standard InChI is InChI=1S/C23H22FNO/c1-2-3-16-25(18-19-12-14-20(24)15-13-19)21-8-7-11-23(17-21)26-22-9-5-4-6-10-22/h2,4-15,17H,1,3,16,18H2. The van der Waals surface area contributed by atoms with Gasteiger partial charge in [-0.05, 0) is 48.4 Å². The van der Waals surface area contributed by atoms with Gasteiger partial charge in [-0.3, -0.25) is 0 Å². The summed E-state index contributed by atoms with van der Waals surface area (Å²) in [5.41, 5.74) is 2.12. The number of hydrogen-bond donors (Lipinski definition) is 0. The van der Waals surface area contributed by atoms with Crippen molar-refractivity contribution in [3.8, 4) is 11.5 Å². The molecular formula is C23H22FNO. The second-order valence-electron chi connectivity index (χ2n) is 6.04. The van der Waals surface area contributed by atoms with Gasteiger partial charge in [-0.25, -0.2) is 4.39 Å². The van der Waals surface area contributed by atoms with Gasteiger partial charge in [-0.2, -0.15) is 0 Å². The summed E-state index contributed by atoms with van der Waals surface area (Å²) >= 11 is 0. The third-order valence-electron chi connectivity index (χ3n) is 4.05. The Balaban J connectivity index is 1.80. The molecule has 0 aromatic heterocycles. The van der Waals surface area contributed by atoms with Crippen molar-refractivity contribution in [3.63, 3.8) is 0 Å². The molecule has 0 radical (unpaired) electrons. The van der Waals surface area contributed by atoms with Crippen molar-refractivity contribution in [1.29, 1.82) is 0 Å². The van der Waals surface area contributed by atoms with Crippen molar-refractivity contribution < 1.29 is 9.13 Å². The molecule has 0 saturated carbocycles. The van der Waals surface area contributed by atoms with E-state index < -0.39 is 0 Å². The molecular weight excluding hydrogens is 325 g/mol. The predicted octanol–water partition coefficient (Wildman–Crippen LogP) is 6.20. The van der Waals surface area contributed by atoms with Crippen LogP contribution in [0.4, 0.5) is 10.1 Å². The highest BCUT2D eigenvalue weighted by atomic mass is 19.1. The molecule has 2 nitrogen and oxygen atoms in total. The topological polar surface area (TPSA) is 12.5 Å². The Morgan fingerprint density at radius 1 is 0.885 bits per heavy atom. The minimum absolute atomic E-state index is 0.218. The van der Waals surface area contributed by atoms with Crippen LogP contribution in [0, 0.1) is 5.82 Å². The molecule has 26 heavy (non-hydrogen) atoms. The summed E-state index contributed by atoms with van der Waals surface area (Å²) in [6.45, 7) is 5.34. The van der Waals surface area contributed by atoms with E-state index in [-0.39, 0.29) is 5.82 Å². The van der Waals surface area contributed by atoms with Crippen molar-refractivity contribution in [1.82, 2.24) is 0 Å². The smallest absolute Gasteiger partial charge is 0.129 e. The molecule has 0 heterocycles. The highest BCUT2D eigenvalue weighted by Crippen LogP contribution is 2.27. The molecule has 0 fully saturated rings. The van der Waals surface area contributed by atoms with E-state index in [1.54, 1.807) is 0 Å². The van der Waals surface area contributed by atoms with Gasteiger partial charge in [0.1, 0.15) is 17.3 Å². The third kappa shape index (κ3) is 4.96. The van der Waals surface area contributed by atoms with Crippen molar-refractivity contribution in [2.75, 3.05) is 11.4 Å². The van der Waals surface area contributed by atoms with Gasteiger partial charge < -0.3 is 9.64 Å². The molecule has 0 aliphatic carbocycles. The van der Waals surface area contributed by atoms with Crippen molar-refractivity contribution >= 4 is 5.69 Å². The predicted molar refractivity (Wildman–Crippen MR) is 105 cm³/mol. The monoisotopic (exact) mass is 347 g/mol. The van der Waals surface area contributed by atoms with E-state index in [4.69, 9.17) is 4.74 Å². The summed E-state index contributed by atoms with van der Waals surface area (Å²) in [5, 5.41) is 0. The van der Waals surface area contributed by atoms with Crippen molar-refractivity contribution in [3.05, 3.63) is 103 Å². The molecule has 3 aromatic rings. The number of anilines is 1. The second kappa shape index (κ2) is 8.86. The summed E-state index contributed by atoms with van der Waals surface area (Å²) in [6, 6.07) is 24.4. The maximum absolute atomic E-state index is 13.2. The lowest BCUT2D eigenvalue weighted by Crippen LogP contribution is -2.23. The fourth-order valence-electron chi connectivity index (χ4n) is 2.73. The Morgan fingerprint density at radius 2 is 1.62 bits per heavy atom. The maximum Gasteiger partial charge on any atom is 0.129 e. The quantitative estimate of drug-likeness (QED) is 0.450. The first-order valence-electron chi connectivity index (χ1n) is 8.68.